The number of benzene rings is 1. The lowest BCUT2D eigenvalue weighted by Crippen LogP contribution is -2.43. The maximum Gasteiger partial charge on any atom is 0.246 e. The summed E-state index contributed by atoms with van der Waals surface area (Å²) < 4.78 is 0. The molecular formula is C23H34N4O3. The van der Waals surface area contributed by atoms with Crippen LogP contribution < -0.4 is 20.9 Å². The molecule has 2 aliphatic rings. The largest absolute Gasteiger partial charge is 0.371 e. The predicted molar refractivity (Wildman–Crippen MR) is 118 cm³/mol. The van der Waals surface area contributed by atoms with Gasteiger partial charge in [0, 0.05) is 43.3 Å². The van der Waals surface area contributed by atoms with E-state index in [-0.39, 0.29) is 30.1 Å². The Morgan fingerprint density at radius 3 is 2.53 bits per heavy atom. The van der Waals surface area contributed by atoms with E-state index < -0.39 is 6.04 Å². The number of rotatable bonds is 8. The first-order chi connectivity index (χ1) is 14.5. The molecule has 164 valence electrons. The van der Waals surface area contributed by atoms with Gasteiger partial charge in [0.05, 0.1) is 0 Å². The van der Waals surface area contributed by atoms with E-state index in [0.717, 1.165) is 50.1 Å². The molecule has 3 amide bonds. The van der Waals surface area contributed by atoms with E-state index in [9.17, 15) is 14.4 Å². The van der Waals surface area contributed by atoms with Crippen LogP contribution in [0.1, 0.15) is 58.3 Å². The van der Waals surface area contributed by atoms with Crippen molar-refractivity contribution in [1.82, 2.24) is 10.6 Å². The van der Waals surface area contributed by atoms with Crippen molar-refractivity contribution in [2.24, 2.45) is 5.92 Å². The van der Waals surface area contributed by atoms with Gasteiger partial charge in [-0.2, -0.15) is 0 Å². The van der Waals surface area contributed by atoms with Gasteiger partial charge in [-0.1, -0.05) is 25.3 Å². The molecule has 1 aliphatic carbocycles. The quantitative estimate of drug-likeness (QED) is 0.610. The Labute approximate surface area is 179 Å². The average Bonchev–Trinajstić information content (AvgIpc) is 3.29. The number of amides is 3. The van der Waals surface area contributed by atoms with E-state index in [0.29, 0.717) is 6.54 Å². The Morgan fingerprint density at radius 1 is 1.07 bits per heavy atom. The van der Waals surface area contributed by atoms with E-state index in [4.69, 9.17) is 0 Å². The molecule has 0 aromatic heterocycles. The molecule has 1 aromatic rings. The first kappa shape index (κ1) is 22.1. The van der Waals surface area contributed by atoms with Crippen molar-refractivity contribution in [3.8, 4) is 0 Å². The maximum absolute atomic E-state index is 12.5. The summed E-state index contributed by atoms with van der Waals surface area (Å²) in [4.78, 5) is 39.0. The molecule has 0 spiro atoms. The van der Waals surface area contributed by atoms with Gasteiger partial charge in [0.1, 0.15) is 6.04 Å². The molecule has 7 heteroatoms. The highest BCUT2D eigenvalue weighted by Crippen LogP contribution is 2.24. The number of nitrogens with zero attached hydrogens (tertiary/aromatic N) is 1. The van der Waals surface area contributed by atoms with Crippen LogP contribution in [0.25, 0.3) is 0 Å². The van der Waals surface area contributed by atoms with Crippen LogP contribution in [0.2, 0.25) is 0 Å². The Balaban J connectivity index is 1.38. The molecule has 3 N–H and O–H groups in total. The summed E-state index contributed by atoms with van der Waals surface area (Å²) >= 11 is 0. The fraction of sp³-hybridized carbons (Fsp3) is 0.609. The van der Waals surface area contributed by atoms with Crippen LogP contribution in [0.5, 0.6) is 0 Å². The van der Waals surface area contributed by atoms with Gasteiger partial charge >= 0.3 is 0 Å². The summed E-state index contributed by atoms with van der Waals surface area (Å²) in [7, 11) is 0. The smallest absolute Gasteiger partial charge is 0.246 e. The van der Waals surface area contributed by atoms with Gasteiger partial charge in [-0.15, -0.1) is 0 Å². The summed E-state index contributed by atoms with van der Waals surface area (Å²) in [6.45, 7) is 4.05. The highest BCUT2D eigenvalue weighted by molar-refractivity contribution is 5.97. The van der Waals surface area contributed by atoms with Crippen molar-refractivity contribution in [3.05, 3.63) is 24.3 Å². The molecule has 7 nitrogen and oxygen atoms in total. The summed E-state index contributed by atoms with van der Waals surface area (Å²) in [6, 6.07) is 7.16. The first-order valence-corrected chi connectivity index (χ1v) is 11.3. The molecule has 0 bridgehead atoms. The standard InChI is InChI=1S/C23H34N4O3/c1-17(25-21(28)12-13-24-23(30)18-8-3-2-4-9-18)22(29)26-19-10-7-11-20(16-19)27-14-5-6-15-27/h7,10-11,16-18H,2-6,8-9,12-15H2,1H3,(H,24,30)(H,25,28)(H,26,29). The van der Waals surface area contributed by atoms with Gasteiger partial charge in [0.2, 0.25) is 17.7 Å². The molecule has 1 atom stereocenters. The molecule has 1 saturated carbocycles. The highest BCUT2D eigenvalue weighted by atomic mass is 16.2. The molecule has 1 aromatic carbocycles. The number of hydrogen-bond donors (Lipinski definition) is 3. The van der Waals surface area contributed by atoms with Crippen LogP contribution in [-0.2, 0) is 14.4 Å². The van der Waals surface area contributed by atoms with E-state index in [2.05, 4.69) is 20.9 Å². The van der Waals surface area contributed by atoms with E-state index in [1.54, 1.807) is 6.92 Å². The van der Waals surface area contributed by atoms with Crippen molar-refractivity contribution in [2.75, 3.05) is 29.9 Å². The lowest BCUT2D eigenvalue weighted by atomic mass is 9.89. The minimum Gasteiger partial charge on any atom is -0.371 e. The lowest BCUT2D eigenvalue weighted by Gasteiger charge is -2.21. The third kappa shape index (κ3) is 6.47. The fourth-order valence-electron chi connectivity index (χ4n) is 4.19. The van der Waals surface area contributed by atoms with Crippen LogP contribution in [-0.4, -0.2) is 43.4 Å². The Bertz CT molecular complexity index is 740. The maximum atomic E-state index is 12.5. The van der Waals surface area contributed by atoms with Crippen molar-refractivity contribution in [3.63, 3.8) is 0 Å². The van der Waals surface area contributed by atoms with Crippen molar-refractivity contribution in [1.29, 1.82) is 0 Å². The fourth-order valence-corrected chi connectivity index (χ4v) is 4.19. The topological polar surface area (TPSA) is 90.5 Å². The van der Waals surface area contributed by atoms with Crippen LogP contribution in [0, 0.1) is 5.92 Å². The third-order valence-corrected chi connectivity index (χ3v) is 5.98. The molecule has 1 aliphatic heterocycles. The van der Waals surface area contributed by atoms with Crippen LogP contribution in [0.15, 0.2) is 24.3 Å². The molecule has 1 saturated heterocycles. The Kier molecular flexibility index (Phi) is 8.11. The zero-order valence-corrected chi connectivity index (χ0v) is 17.9. The SMILES string of the molecule is CC(NC(=O)CCNC(=O)C1CCCCC1)C(=O)Nc1cccc(N2CCCC2)c1. The van der Waals surface area contributed by atoms with Gasteiger partial charge in [0.25, 0.3) is 0 Å². The molecule has 1 heterocycles. The summed E-state index contributed by atoms with van der Waals surface area (Å²) in [5, 5.41) is 8.44. The van der Waals surface area contributed by atoms with Crippen molar-refractivity contribution >= 4 is 29.1 Å². The Morgan fingerprint density at radius 2 is 1.80 bits per heavy atom. The first-order valence-electron chi connectivity index (χ1n) is 11.3. The lowest BCUT2D eigenvalue weighted by molar-refractivity contribution is -0.127. The second kappa shape index (κ2) is 11.0. The predicted octanol–water partition coefficient (Wildman–Crippen LogP) is 2.82. The van der Waals surface area contributed by atoms with Crippen LogP contribution in [0.3, 0.4) is 0 Å². The number of nitrogens with one attached hydrogen (secondary N) is 3. The normalized spacial score (nSPS) is 18.0. The second-order valence-corrected chi connectivity index (χ2v) is 8.40. The number of carbonyl (C=O) groups excluding carboxylic acids is 3. The van der Waals surface area contributed by atoms with Crippen molar-refractivity contribution < 1.29 is 14.4 Å². The van der Waals surface area contributed by atoms with Gasteiger partial charge in [0.15, 0.2) is 0 Å². The third-order valence-electron chi connectivity index (χ3n) is 5.98. The van der Waals surface area contributed by atoms with Crippen LogP contribution in [0.4, 0.5) is 11.4 Å². The van der Waals surface area contributed by atoms with E-state index >= 15 is 0 Å². The van der Waals surface area contributed by atoms with Gasteiger partial charge in [-0.3, -0.25) is 14.4 Å². The highest BCUT2D eigenvalue weighted by Gasteiger charge is 2.21. The zero-order chi connectivity index (χ0) is 21.3. The second-order valence-electron chi connectivity index (χ2n) is 8.40. The van der Waals surface area contributed by atoms with Crippen molar-refractivity contribution in [2.45, 2.75) is 64.3 Å². The molecule has 0 radical (unpaired) electrons. The van der Waals surface area contributed by atoms with E-state index in [1.807, 2.05) is 24.3 Å². The molecule has 2 fully saturated rings. The van der Waals surface area contributed by atoms with Crippen LogP contribution >= 0.6 is 0 Å². The molecule has 1 unspecified atom stereocenters. The molecule has 3 rings (SSSR count). The van der Waals surface area contributed by atoms with E-state index in [1.165, 1.54) is 19.3 Å². The van der Waals surface area contributed by atoms with Gasteiger partial charge < -0.3 is 20.9 Å². The summed E-state index contributed by atoms with van der Waals surface area (Å²) in [6.07, 6.45) is 7.84. The van der Waals surface area contributed by atoms with Gasteiger partial charge in [-0.05, 0) is 50.8 Å². The Hall–Kier alpha value is -2.57. The zero-order valence-electron chi connectivity index (χ0n) is 17.9. The average molecular weight is 415 g/mol. The minimum atomic E-state index is -0.651. The summed E-state index contributed by atoms with van der Waals surface area (Å²) in [5.41, 5.74) is 1.83. The van der Waals surface area contributed by atoms with Gasteiger partial charge in [-0.25, -0.2) is 0 Å². The minimum absolute atomic E-state index is 0.0474. The molecular weight excluding hydrogens is 380 g/mol. The number of anilines is 2. The number of carbonyl (C=O) groups is 3. The summed E-state index contributed by atoms with van der Waals surface area (Å²) in [5.74, 6) is -0.366. The number of hydrogen-bond acceptors (Lipinski definition) is 4. The monoisotopic (exact) mass is 414 g/mol. The molecule has 30 heavy (non-hydrogen) atoms.